The number of amides is 1. The number of rotatable bonds is 6. The summed E-state index contributed by atoms with van der Waals surface area (Å²) in [7, 11) is 0. The van der Waals surface area contributed by atoms with Crippen LogP contribution in [0.1, 0.15) is 27.2 Å². The van der Waals surface area contributed by atoms with Crippen LogP contribution in [-0.2, 0) is 14.3 Å². The van der Waals surface area contributed by atoms with Gasteiger partial charge in [-0.2, -0.15) is 0 Å². The lowest BCUT2D eigenvalue weighted by Gasteiger charge is -2.10. The van der Waals surface area contributed by atoms with E-state index in [1.165, 1.54) is 0 Å². The molecule has 0 heterocycles. The first kappa shape index (κ1) is 14.4. The fourth-order valence-electron chi connectivity index (χ4n) is 0.877. The molecule has 0 spiro atoms. The van der Waals surface area contributed by atoms with Crippen LogP contribution in [0.4, 0.5) is 0 Å². The summed E-state index contributed by atoms with van der Waals surface area (Å²) in [6.45, 7) is 6.27. The van der Waals surface area contributed by atoms with Crippen LogP contribution in [0.15, 0.2) is 0 Å². The van der Waals surface area contributed by atoms with Gasteiger partial charge in [0.05, 0.1) is 6.61 Å². The molecule has 0 saturated carbocycles. The third kappa shape index (κ3) is 6.49. The summed E-state index contributed by atoms with van der Waals surface area (Å²) in [5.74, 6) is -0.309. The van der Waals surface area contributed by atoms with Gasteiger partial charge < -0.3 is 10.1 Å². The molecule has 15 heavy (non-hydrogen) atoms. The van der Waals surface area contributed by atoms with E-state index in [1.54, 1.807) is 6.92 Å². The van der Waals surface area contributed by atoms with Crippen molar-refractivity contribution in [3.63, 3.8) is 0 Å². The first-order valence-corrected chi connectivity index (χ1v) is 5.99. The van der Waals surface area contributed by atoms with Crippen LogP contribution in [0.25, 0.3) is 0 Å². The van der Waals surface area contributed by atoms with Crippen LogP contribution < -0.4 is 5.32 Å². The second kappa shape index (κ2) is 7.68. The van der Waals surface area contributed by atoms with E-state index in [9.17, 15) is 9.59 Å². The SMILES string of the molecule is CCOC(=O)C(Br)CCNC(=O)C(C)C. The molecule has 0 bridgehead atoms. The van der Waals surface area contributed by atoms with Crippen molar-refractivity contribution in [1.29, 1.82) is 0 Å². The lowest BCUT2D eigenvalue weighted by Crippen LogP contribution is -2.31. The van der Waals surface area contributed by atoms with Crippen LogP contribution in [0.3, 0.4) is 0 Å². The number of alkyl halides is 1. The zero-order chi connectivity index (χ0) is 11.8. The lowest BCUT2D eigenvalue weighted by atomic mass is 10.2. The number of nitrogens with one attached hydrogen (secondary N) is 1. The topological polar surface area (TPSA) is 55.4 Å². The third-order valence-corrected chi connectivity index (χ3v) is 2.60. The van der Waals surface area contributed by atoms with E-state index in [4.69, 9.17) is 4.74 Å². The maximum Gasteiger partial charge on any atom is 0.319 e. The van der Waals surface area contributed by atoms with Crippen LogP contribution >= 0.6 is 15.9 Å². The predicted molar refractivity (Wildman–Crippen MR) is 61.8 cm³/mol. The molecule has 0 fully saturated rings. The molecule has 0 aliphatic rings. The summed E-state index contributed by atoms with van der Waals surface area (Å²) in [6, 6.07) is 0. The Morgan fingerprint density at radius 3 is 2.47 bits per heavy atom. The summed E-state index contributed by atoms with van der Waals surface area (Å²) in [4.78, 5) is 22.0. The summed E-state index contributed by atoms with van der Waals surface area (Å²) < 4.78 is 4.81. The van der Waals surface area contributed by atoms with Crippen molar-refractivity contribution in [3.8, 4) is 0 Å². The fourth-order valence-corrected chi connectivity index (χ4v) is 1.24. The molecule has 1 unspecified atom stereocenters. The molecule has 0 radical (unpaired) electrons. The number of hydrogen-bond acceptors (Lipinski definition) is 3. The molecule has 1 amide bonds. The minimum atomic E-state index is -0.343. The van der Waals surface area contributed by atoms with Crippen LogP contribution in [0.5, 0.6) is 0 Å². The van der Waals surface area contributed by atoms with Crippen LogP contribution in [-0.4, -0.2) is 29.9 Å². The van der Waals surface area contributed by atoms with Crippen molar-refractivity contribution in [1.82, 2.24) is 5.32 Å². The zero-order valence-corrected chi connectivity index (χ0v) is 11.0. The highest BCUT2D eigenvalue weighted by atomic mass is 79.9. The highest BCUT2D eigenvalue weighted by Gasteiger charge is 2.16. The molecule has 0 aromatic carbocycles. The molecule has 0 aromatic heterocycles. The normalized spacial score (nSPS) is 12.3. The van der Waals surface area contributed by atoms with E-state index in [2.05, 4.69) is 21.2 Å². The number of carbonyl (C=O) groups is 2. The first-order valence-electron chi connectivity index (χ1n) is 5.07. The molecule has 0 aliphatic heterocycles. The van der Waals surface area contributed by atoms with Gasteiger partial charge in [-0.15, -0.1) is 0 Å². The van der Waals surface area contributed by atoms with Gasteiger partial charge in [0.15, 0.2) is 0 Å². The number of ether oxygens (including phenoxy) is 1. The number of halogens is 1. The second-order valence-corrected chi connectivity index (χ2v) is 4.56. The Kier molecular flexibility index (Phi) is 7.38. The maximum atomic E-state index is 11.2. The Balaban J connectivity index is 3.67. The van der Waals surface area contributed by atoms with Gasteiger partial charge in [-0.05, 0) is 13.3 Å². The Morgan fingerprint density at radius 1 is 1.40 bits per heavy atom. The van der Waals surface area contributed by atoms with Crippen LogP contribution in [0.2, 0.25) is 0 Å². The Labute approximate surface area is 98.9 Å². The van der Waals surface area contributed by atoms with E-state index in [0.717, 1.165) is 0 Å². The first-order chi connectivity index (χ1) is 6.99. The van der Waals surface area contributed by atoms with Gasteiger partial charge in [0.2, 0.25) is 5.91 Å². The minimum Gasteiger partial charge on any atom is -0.465 e. The molecular formula is C10H18BrNO3. The molecule has 1 N–H and O–H groups in total. The molecule has 88 valence electrons. The van der Waals surface area contributed by atoms with Crippen molar-refractivity contribution in [2.45, 2.75) is 32.0 Å². The summed E-state index contributed by atoms with van der Waals surface area (Å²) in [5.41, 5.74) is 0. The Bertz CT molecular complexity index is 219. The van der Waals surface area contributed by atoms with E-state index < -0.39 is 0 Å². The quantitative estimate of drug-likeness (QED) is 0.592. The largest absolute Gasteiger partial charge is 0.465 e. The molecule has 5 heteroatoms. The Morgan fingerprint density at radius 2 is 2.00 bits per heavy atom. The molecular weight excluding hydrogens is 262 g/mol. The number of esters is 1. The maximum absolute atomic E-state index is 11.2. The molecule has 0 saturated heterocycles. The third-order valence-electron chi connectivity index (χ3n) is 1.76. The number of hydrogen-bond donors (Lipinski definition) is 1. The summed E-state index contributed by atoms with van der Waals surface area (Å²) in [6.07, 6.45) is 0.539. The molecule has 0 aromatic rings. The van der Waals surface area contributed by atoms with Gasteiger partial charge in [-0.3, -0.25) is 9.59 Å². The molecule has 4 nitrogen and oxygen atoms in total. The minimum absolute atomic E-state index is 0.00133. The van der Waals surface area contributed by atoms with Crippen molar-refractivity contribution in [2.24, 2.45) is 5.92 Å². The standard InChI is InChI=1S/C10H18BrNO3/c1-4-15-10(14)8(11)5-6-12-9(13)7(2)3/h7-8H,4-6H2,1-3H3,(H,12,13). The zero-order valence-electron chi connectivity index (χ0n) is 9.38. The van der Waals surface area contributed by atoms with E-state index in [-0.39, 0.29) is 22.6 Å². The van der Waals surface area contributed by atoms with Gasteiger partial charge >= 0.3 is 5.97 Å². The number of carbonyl (C=O) groups excluding carboxylic acids is 2. The fraction of sp³-hybridized carbons (Fsp3) is 0.800. The van der Waals surface area contributed by atoms with Gasteiger partial charge in [0.25, 0.3) is 0 Å². The Hall–Kier alpha value is -0.580. The average molecular weight is 280 g/mol. The summed E-state index contributed by atoms with van der Waals surface area (Å²) >= 11 is 3.21. The smallest absolute Gasteiger partial charge is 0.319 e. The van der Waals surface area contributed by atoms with Crippen molar-refractivity contribution in [2.75, 3.05) is 13.2 Å². The van der Waals surface area contributed by atoms with Crippen molar-refractivity contribution in [3.05, 3.63) is 0 Å². The monoisotopic (exact) mass is 279 g/mol. The predicted octanol–water partition coefficient (Wildman–Crippen LogP) is 1.48. The lowest BCUT2D eigenvalue weighted by molar-refractivity contribution is -0.142. The van der Waals surface area contributed by atoms with Crippen molar-refractivity contribution < 1.29 is 14.3 Å². The van der Waals surface area contributed by atoms with E-state index in [1.807, 2.05) is 13.8 Å². The van der Waals surface area contributed by atoms with Crippen molar-refractivity contribution >= 4 is 27.8 Å². The van der Waals surface area contributed by atoms with Gasteiger partial charge in [-0.1, -0.05) is 29.8 Å². The molecule has 1 atom stereocenters. The second-order valence-electron chi connectivity index (χ2n) is 3.45. The molecule has 0 rings (SSSR count). The van der Waals surface area contributed by atoms with Gasteiger partial charge in [0, 0.05) is 12.5 Å². The highest BCUT2D eigenvalue weighted by molar-refractivity contribution is 9.10. The highest BCUT2D eigenvalue weighted by Crippen LogP contribution is 2.06. The average Bonchev–Trinajstić information content (AvgIpc) is 2.17. The molecule has 0 aliphatic carbocycles. The van der Waals surface area contributed by atoms with Gasteiger partial charge in [-0.25, -0.2) is 0 Å². The summed E-state index contributed by atoms with van der Waals surface area (Å²) in [5, 5.41) is 2.73. The van der Waals surface area contributed by atoms with Gasteiger partial charge in [0.1, 0.15) is 4.83 Å². The van der Waals surface area contributed by atoms with E-state index in [0.29, 0.717) is 19.6 Å². The van der Waals surface area contributed by atoms with E-state index >= 15 is 0 Å². The van der Waals surface area contributed by atoms with Crippen LogP contribution in [0, 0.1) is 5.92 Å².